The molecule has 0 saturated heterocycles. The maximum atomic E-state index is 12.4. The molecule has 1 heterocycles. The van der Waals surface area contributed by atoms with Gasteiger partial charge in [-0.15, -0.1) is 0 Å². The van der Waals surface area contributed by atoms with Crippen LogP contribution in [0.2, 0.25) is 0 Å². The van der Waals surface area contributed by atoms with Gasteiger partial charge in [0.15, 0.2) is 0 Å². The topological polar surface area (TPSA) is 70.2 Å². The number of H-pyrrole nitrogens is 1. The molecule has 0 aliphatic heterocycles. The lowest BCUT2D eigenvalue weighted by Crippen LogP contribution is -2.30. The lowest BCUT2D eigenvalue weighted by molar-refractivity contribution is 0.465. The monoisotopic (exact) mass is 292 g/mol. The zero-order chi connectivity index (χ0) is 14.8. The van der Waals surface area contributed by atoms with E-state index in [1.54, 1.807) is 0 Å². The molecule has 6 heteroatoms. The van der Waals surface area contributed by atoms with Crippen LogP contribution >= 0.6 is 0 Å². The lowest BCUT2D eigenvalue weighted by atomic mass is 10.1. The molecule has 5 nitrogen and oxygen atoms in total. The highest BCUT2D eigenvalue weighted by Crippen LogP contribution is 2.15. The van der Waals surface area contributed by atoms with Crippen LogP contribution in [0.4, 0.5) is 0 Å². The first-order valence-corrected chi connectivity index (χ1v) is 7.55. The summed E-state index contributed by atoms with van der Waals surface area (Å²) in [4.78, 5) is 14.1. The third-order valence-corrected chi connectivity index (χ3v) is 4.96. The third-order valence-electron chi connectivity index (χ3n) is 3.13. The summed E-state index contributed by atoms with van der Waals surface area (Å²) < 4.78 is 25.9. The number of rotatable bonds is 4. The summed E-state index contributed by atoms with van der Waals surface area (Å²) in [5.41, 5.74) is 1.41. The summed E-state index contributed by atoms with van der Waals surface area (Å²) in [7, 11) is -2.33. The molecular weight excluding hydrogens is 276 g/mol. The second-order valence-corrected chi connectivity index (χ2v) is 6.57. The minimum atomic E-state index is -3.80. The molecule has 0 atom stereocenters. The number of nitrogens with zero attached hydrogens (tertiary/aromatic N) is 1. The molecule has 0 saturated carbocycles. The van der Waals surface area contributed by atoms with E-state index < -0.39 is 15.5 Å². The van der Waals surface area contributed by atoms with Crippen LogP contribution < -0.4 is 5.43 Å². The number of nitrogens with one attached hydrogen (secondary N) is 1. The summed E-state index contributed by atoms with van der Waals surface area (Å²) in [6, 6.07) is 8.75. The van der Waals surface area contributed by atoms with Crippen LogP contribution in [0, 0.1) is 6.92 Å². The Morgan fingerprint density at radius 1 is 1.20 bits per heavy atom. The van der Waals surface area contributed by atoms with Gasteiger partial charge in [0.2, 0.25) is 15.5 Å². The summed E-state index contributed by atoms with van der Waals surface area (Å²) in [5, 5.41) is 0. The van der Waals surface area contributed by atoms with Crippen molar-refractivity contribution in [1.29, 1.82) is 0 Å². The van der Waals surface area contributed by atoms with Crippen LogP contribution in [0.5, 0.6) is 0 Å². The number of pyridine rings is 1. The van der Waals surface area contributed by atoms with Crippen molar-refractivity contribution in [3.8, 4) is 0 Å². The van der Waals surface area contributed by atoms with Crippen molar-refractivity contribution < 1.29 is 8.42 Å². The second kappa shape index (κ2) is 5.60. The highest BCUT2D eigenvalue weighted by Gasteiger charge is 2.23. The Labute approximate surface area is 117 Å². The summed E-state index contributed by atoms with van der Waals surface area (Å²) >= 11 is 0. The zero-order valence-electron chi connectivity index (χ0n) is 11.3. The van der Waals surface area contributed by atoms with E-state index in [0.29, 0.717) is 0 Å². The Hall–Kier alpha value is -1.92. The van der Waals surface area contributed by atoms with Gasteiger partial charge in [-0.25, -0.2) is 8.42 Å². The normalized spacial score (nSPS) is 11.8. The molecule has 0 spiro atoms. The fraction of sp³-hybridized carbons (Fsp3) is 0.214. The van der Waals surface area contributed by atoms with Gasteiger partial charge in [0, 0.05) is 32.1 Å². The number of hydrogen-bond acceptors (Lipinski definition) is 3. The van der Waals surface area contributed by atoms with E-state index in [2.05, 4.69) is 4.98 Å². The SMILES string of the molecule is Cc1ccccc1CN(C)S(=O)(=O)c1c[nH]ccc1=O. The Balaban J connectivity index is 2.34. The van der Waals surface area contributed by atoms with E-state index in [1.165, 1.54) is 29.8 Å². The lowest BCUT2D eigenvalue weighted by Gasteiger charge is -2.17. The molecule has 0 aliphatic carbocycles. The summed E-state index contributed by atoms with van der Waals surface area (Å²) in [6.07, 6.45) is 2.62. The van der Waals surface area contributed by atoms with Gasteiger partial charge in [0.25, 0.3) is 0 Å². The summed E-state index contributed by atoms with van der Waals surface area (Å²) in [5.74, 6) is 0. The number of hydrogen-bond donors (Lipinski definition) is 1. The predicted molar refractivity (Wildman–Crippen MR) is 76.9 cm³/mol. The van der Waals surface area contributed by atoms with Crippen molar-refractivity contribution in [3.63, 3.8) is 0 Å². The fourth-order valence-electron chi connectivity index (χ4n) is 1.88. The van der Waals surface area contributed by atoms with Crippen molar-refractivity contribution in [3.05, 3.63) is 64.1 Å². The van der Waals surface area contributed by atoms with Crippen molar-refractivity contribution >= 4 is 10.0 Å². The van der Waals surface area contributed by atoms with Crippen molar-refractivity contribution in [1.82, 2.24) is 9.29 Å². The van der Waals surface area contributed by atoms with Crippen molar-refractivity contribution in [2.24, 2.45) is 0 Å². The Bertz CT molecular complexity index is 766. The molecule has 0 fully saturated rings. The molecule has 0 amide bonds. The van der Waals surface area contributed by atoms with Gasteiger partial charge in [-0.2, -0.15) is 4.31 Å². The van der Waals surface area contributed by atoms with Crippen LogP contribution in [-0.2, 0) is 16.6 Å². The van der Waals surface area contributed by atoms with E-state index in [0.717, 1.165) is 11.1 Å². The average Bonchev–Trinajstić information content (AvgIpc) is 2.41. The molecule has 1 aromatic heterocycles. The van der Waals surface area contributed by atoms with E-state index in [4.69, 9.17) is 0 Å². The molecule has 1 N–H and O–H groups in total. The van der Waals surface area contributed by atoms with Crippen LogP contribution in [0.25, 0.3) is 0 Å². The average molecular weight is 292 g/mol. The van der Waals surface area contributed by atoms with E-state index >= 15 is 0 Å². The first-order valence-electron chi connectivity index (χ1n) is 6.11. The zero-order valence-corrected chi connectivity index (χ0v) is 12.1. The fourth-order valence-corrected chi connectivity index (χ4v) is 3.07. The predicted octanol–water partition coefficient (Wildman–Crippen LogP) is 1.50. The highest BCUT2D eigenvalue weighted by atomic mass is 32.2. The van der Waals surface area contributed by atoms with Gasteiger partial charge >= 0.3 is 0 Å². The standard InChI is InChI=1S/C14H16N2O3S/c1-11-5-3-4-6-12(11)10-16(2)20(18,19)14-9-15-8-7-13(14)17/h3-9H,10H2,1-2H3,(H,15,17). The highest BCUT2D eigenvalue weighted by molar-refractivity contribution is 7.89. The summed E-state index contributed by atoms with van der Waals surface area (Å²) in [6.45, 7) is 2.15. The molecular formula is C14H16N2O3S. The molecule has 2 rings (SSSR count). The molecule has 106 valence electrons. The van der Waals surface area contributed by atoms with Gasteiger partial charge in [0.1, 0.15) is 4.90 Å². The van der Waals surface area contributed by atoms with Crippen LogP contribution in [0.1, 0.15) is 11.1 Å². The van der Waals surface area contributed by atoms with E-state index in [1.807, 2.05) is 31.2 Å². The smallest absolute Gasteiger partial charge is 0.248 e. The molecule has 2 aromatic rings. The number of aryl methyl sites for hydroxylation is 1. The minimum absolute atomic E-state index is 0.226. The van der Waals surface area contributed by atoms with Crippen molar-refractivity contribution in [2.45, 2.75) is 18.4 Å². The second-order valence-electron chi connectivity index (χ2n) is 4.56. The van der Waals surface area contributed by atoms with E-state index in [9.17, 15) is 13.2 Å². The molecule has 0 bridgehead atoms. The quantitative estimate of drug-likeness (QED) is 0.928. The number of benzene rings is 1. The van der Waals surface area contributed by atoms with Gasteiger partial charge in [-0.1, -0.05) is 24.3 Å². The molecule has 0 aliphatic rings. The Morgan fingerprint density at radius 2 is 1.90 bits per heavy atom. The van der Waals surface area contributed by atoms with Gasteiger partial charge in [0.05, 0.1) is 0 Å². The maximum Gasteiger partial charge on any atom is 0.248 e. The van der Waals surface area contributed by atoms with Crippen LogP contribution in [0.15, 0.2) is 52.4 Å². The van der Waals surface area contributed by atoms with Gasteiger partial charge < -0.3 is 4.98 Å². The maximum absolute atomic E-state index is 12.4. The van der Waals surface area contributed by atoms with Gasteiger partial charge in [-0.05, 0) is 18.1 Å². The number of aromatic nitrogens is 1. The minimum Gasteiger partial charge on any atom is -0.366 e. The van der Waals surface area contributed by atoms with E-state index in [-0.39, 0.29) is 11.4 Å². The molecule has 0 unspecified atom stereocenters. The molecule has 1 aromatic carbocycles. The van der Waals surface area contributed by atoms with Crippen LogP contribution in [0.3, 0.4) is 0 Å². The Morgan fingerprint density at radius 3 is 2.55 bits per heavy atom. The number of aromatic amines is 1. The van der Waals surface area contributed by atoms with Crippen molar-refractivity contribution in [2.75, 3.05) is 7.05 Å². The van der Waals surface area contributed by atoms with Crippen LogP contribution in [-0.4, -0.2) is 24.8 Å². The number of sulfonamides is 1. The molecule has 20 heavy (non-hydrogen) atoms. The largest absolute Gasteiger partial charge is 0.366 e. The third kappa shape index (κ3) is 2.81. The first kappa shape index (κ1) is 14.5. The first-order chi connectivity index (χ1) is 9.43. The van der Waals surface area contributed by atoms with Gasteiger partial charge in [-0.3, -0.25) is 4.79 Å². The Kier molecular flexibility index (Phi) is 4.06. The molecule has 0 radical (unpaired) electrons.